The van der Waals surface area contributed by atoms with Gasteiger partial charge in [-0.15, -0.1) is 0 Å². The van der Waals surface area contributed by atoms with Crippen molar-refractivity contribution in [1.29, 1.82) is 5.26 Å². The Morgan fingerprint density at radius 1 is 1.13 bits per heavy atom. The van der Waals surface area contributed by atoms with Gasteiger partial charge in [-0.25, -0.2) is 0 Å². The Hall–Kier alpha value is -3.00. The number of likely N-dealkylation sites (tertiary alicyclic amines) is 1. The van der Waals surface area contributed by atoms with Gasteiger partial charge in [0.2, 0.25) is 0 Å². The summed E-state index contributed by atoms with van der Waals surface area (Å²) in [5.41, 5.74) is 0.584. The monoisotopic (exact) mass is 307 g/mol. The first kappa shape index (κ1) is 14.9. The van der Waals surface area contributed by atoms with E-state index in [1.165, 1.54) is 0 Å². The fourth-order valence-electron chi connectivity index (χ4n) is 2.54. The zero-order valence-corrected chi connectivity index (χ0v) is 12.6. The average molecular weight is 307 g/mol. The van der Waals surface area contributed by atoms with E-state index in [0.717, 1.165) is 12.2 Å². The smallest absolute Gasteiger partial charge is 0.251 e. The van der Waals surface area contributed by atoms with Gasteiger partial charge in [0.1, 0.15) is 11.5 Å². The number of para-hydroxylation sites is 1. The predicted octanol–water partition coefficient (Wildman–Crippen LogP) is 2.76. The lowest BCUT2D eigenvalue weighted by Gasteiger charge is -2.12. The predicted molar refractivity (Wildman–Crippen MR) is 86.0 cm³/mol. The van der Waals surface area contributed by atoms with E-state index in [0.29, 0.717) is 24.4 Å². The highest BCUT2D eigenvalue weighted by Crippen LogP contribution is 2.21. The molecule has 1 unspecified atom stereocenters. The molecule has 1 N–H and O–H groups in total. The van der Waals surface area contributed by atoms with Crippen LogP contribution in [0, 0.1) is 11.5 Å². The first-order chi connectivity index (χ1) is 11.2. The SMILES string of the molecule is N#CN1CCC(NC(=O)c2ccc(Oc3ccccc3)cc2)C1. The van der Waals surface area contributed by atoms with Crippen molar-refractivity contribution < 1.29 is 9.53 Å². The van der Waals surface area contributed by atoms with Crippen molar-refractivity contribution in [2.75, 3.05) is 13.1 Å². The lowest BCUT2D eigenvalue weighted by atomic mass is 10.2. The van der Waals surface area contributed by atoms with Crippen molar-refractivity contribution >= 4 is 5.91 Å². The topological polar surface area (TPSA) is 65.4 Å². The summed E-state index contributed by atoms with van der Waals surface area (Å²) in [6.07, 6.45) is 2.90. The first-order valence-electron chi connectivity index (χ1n) is 7.53. The highest BCUT2D eigenvalue weighted by atomic mass is 16.5. The number of ether oxygens (including phenoxy) is 1. The molecule has 1 amide bonds. The highest BCUT2D eigenvalue weighted by molar-refractivity contribution is 5.94. The minimum absolute atomic E-state index is 0.0300. The number of hydrogen-bond acceptors (Lipinski definition) is 4. The van der Waals surface area contributed by atoms with E-state index in [1.54, 1.807) is 29.2 Å². The van der Waals surface area contributed by atoms with E-state index in [9.17, 15) is 4.79 Å². The maximum atomic E-state index is 12.2. The van der Waals surface area contributed by atoms with Crippen LogP contribution in [-0.2, 0) is 0 Å². The Labute approximate surface area is 135 Å². The van der Waals surface area contributed by atoms with Crippen LogP contribution >= 0.6 is 0 Å². The molecule has 0 radical (unpaired) electrons. The van der Waals surface area contributed by atoms with Gasteiger partial charge in [-0.2, -0.15) is 5.26 Å². The van der Waals surface area contributed by atoms with E-state index in [-0.39, 0.29) is 11.9 Å². The Kier molecular flexibility index (Phi) is 4.44. The normalized spacial score (nSPS) is 16.7. The Morgan fingerprint density at radius 3 is 2.48 bits per heavy atom. The molecule has 2 aromatic carbocycles. The van der Waals surface area contributed by atoms with E-state index in [2.05, 4.69) is 11.5 Å². The van der Waals surface area contributed by atoms with Gasteiger partial charge in [0.15, 0.2) is 6.19 Å². The largest absolute Gasteiger partial charge is 0.457 e. The molecule has 1 aliphatic rings. The summed E-state index contributed by atoms with van der Waals surface area (Å²) in [6, 6.07) is 16.6. The van der Waals surface area contributed by atoms with Crippen molar-refractivity contribution in [1.82, 2.24) is 10.2 Å². The Morgan fingerprint density at radius 2 is 1.83 bits per heavy atom. The van der Waals surface area contributed by atoms with Crippen molar-refractivity contribution in [2.45, 2.75) is 12.5 Å². The molecule has 1 aliphatic heterocycles. The Bertz CT molecular complexity index is 707. The number of nitriles is 1. The fourth-order valence-corrected chi connectivity index (χ4v) is 2.54. The number of nitrogens with one attached hydrogen (secondary N) is 1. The summed E-state index contributed by atoms with van der Waals surface area (Å²) in [5, 5.41) is 11.8. The summed E-state index contributed by atoms with van der Waals surface area (Å²) < 4.78 is 5.70. The molecule has 1 atom stereocenters. The number of rotatable bonds is 4. The second-order valence-electron chi connectivity index (χ2n) is 5.44. The molecular weight excluding hydrogens is 290 g/mol. The molecule has 3 rings (SSSR count). The van der Waals surface area contributed by atoms with Crippen LogP contribution in [-0.4, -0.2) is 29.9 Å². The number of amides is 1. The van der Waals surface area contributed by atoms with E-state index in [4.69, 9.17) is 10.00 Å². The summed E-state index contributed by atoms with van der Waals surface area (Å²) in [5.74, 6) is 1.32. The highest BCUT2D eigenvalue weighted by Gasteiger charge is 2.23. The number of carbonyl (C=O) groups excluding carboxylic acids is 1. The third kappa shape index (κ3) is 3.80. The quantitative estimate of drug-likeness (QED) is 0.882. The van der Waals surface area contributed by atoms with Crippen LogP contribution in [0.1, 0.15) is 16.8 Å². The van der Waals surface area contributed by atoms with E-state index >= 15 is 0 Å². The lowest BCUT2D eigenvalue weighted by Crippen LogP contribution is -2.36. The van der Waals surface area contributed by atoms with Gasteiger partial charge in [0.25, 0.3) is 5.91 Å². The molecule has 5 nitrogen and oxygen atoms in total. The summed E-state index contributed by atoms with van der Waals surface area (Å²) in [6.45, 7) is 1.28. The second kappa shape index (κ2) is 6.84. The first-order valence-corrected chi connectivity index (χ1v) is 7.53. The molecule has 1 saturated heterocycles. The Balaban J connectivity index is 1.59. The van der Waals surface area contributed by atoms with Gasteiger partial charge in [0, 0.05) is 24.7 Å². The van der Waals surface area contributed by atoms with Gasteiger partial charge in [-0.1, -0.05) is 18.2 Å². The maximum Gasteiger partial charge on any atom is 0.251 e. The van der Waals surface area contributed by atoms with Crippen LogP contribution in [0.2, 0.25) is 0 Å². The van der Waals surface area contributed by atoms with Gasteiger partial charge in [-0.05, 0) is 42.8 Å². The molecule has 2 aromatic rings. The molecule has 0 aliphatic carbocycles. The van der Waals surface area contributed by atoms with Crippen molar-refractivity contribution in [3.63, 3.8) is 0 Å². The van der Waals surface area contributed by atoms with Crippen LogP contribution in [0.5, 0.6) is 11.5 Å². The van der Waals surface area contributed by atoms with Gasteiger partial charge < -0.3 is 15.0 Å². The van der Waals surface area contributed by atoms with Gasteiger partial charge >= 0.3 is 0 Å². The molecular formula is C18H17N3O2. The average Bonchev–Trinajstić information content (AvgIpc) is 3.04. The number of hydrogen-bond donors (Lipinski definition) is 1. The van der Waals surface area contributed by atoms with Crippen LogP contribution in [0.25, 0.3) is 0 Å². The minimum Gasteiger partial charge on any atom is -0.457 e. The standard InChI is InChI=1S/C18H17N3O2/c19-13-21-11-10-15(12-21)20-18(22)14-6-8-17(9-7-14)23-16-4-2-1-3-5-16/h1-9,15H,10-12H2,(H,20,22). The number of carbonyl (C=O) groups is 1. The fraction of sp³-hybridized carbons (Fsp3) is 0.222. The molecule has 0 spiro atoms. The van der Waals surface area contributed by atoms with Crippen LogP contribution < -0.4 is 10.1 Å². The summed E-state index contributed by atoms with van der Waals surface area (Å²) in [4.78, 5) is 13.9. The number of nitrogens with zero attached hydrogens (tertiary/aromatic N) is 2. The van der Waals surface area contributed by atoms with Gasteiger partial charge in [0.05, 0.1) is 0 Å². The molecule has 1 fully saturated rings. The molecule has 116 valence electrons. The molecule has 23 heavy (non-hydrogen) atoms. The molecule has 0 bridgehead atoms. The van der Waals surface area contributed by atoms with E-state index in [1.807, 2.05) is 30.3 Å². The van der Waals surface area contributed by atoms with Crippen molar-refractivity contribution in [2.24, 2.45) is 0 Å². The van der Waals surface area contributed by atoms with Crippen LogP contribution in [0.4, 0.5) is 0 Å². The molecule has 1 heterocycles. The van der Waals surface area contributed by atoms with Gasteiger partial charge in [-0.3, -0.25) is 4.79 Å². The zero-order chi connectivity index (χ0) is 16.1. The second-order valence-corrected chi connectivity index (χ2v) is 5.44. The summed E-state index contributed by atoms with van der Waals surface area (Å²) in [7, 11) is 0. The minimum atomic E-state index is -0.124. The van der Waals surface area contributed by atoms with Crippen molar-refractivity contribution in [3.8, 4) is 17.7 Å². The third-order valence-electron chi connectivity index (χ3n) is 3.76. The summed E-state index contributed by atoms with van der Waals surface area (Å²) >= 11 is 0. The molecule has 5 heteroatoms. The molecule has 0 saturated carbocycles. The van der Waals surface area contributed by atoms with Crippen molar-refractivity contribution in [3.05, 3.63) is 60.2 Å². The van der Waals surface area contributed by atoms with E-state index < -0.39 is 0 Å². The van der Waals surface area contributed by atoms with Crippen LogP contribution in [0.15, 0.2) is 54.6 Å². The zero-order valence-electron chi connectivity index (χ0n) is 12.6. The number of benzene rings is 2. The van der Waals surface area contributed by atoms with Crippen LogP contribution in [0.3, 0.4) is 0 Å². The lowest BCUT2D eigenvalue weighted by molar-refractivity contribution is 0.0939. The molecule has 0 aromatic heterocycles. The maximum absolute atomic E-state index is 12.2. The third-order valence-corrected chi connectivity index (χ3v) is 3.76.